The number of carbonyl (C=O) groups is 3. The molecule has 0 bridgehead atoms. The van der Waals surface area contributed by atoms with Crippen molar-refractivity contribution in [3.63, 3.8) is 0 Å². The van der Waals surface area contributed by atoms with Crippen LogP contribution in [0.25, 0.3) is 0 Å². The predicted octanol–water partition coefficient (Wildman–Crippen LogP) is 1.37. The number of hydrogen-bond donors (Lipinski definition) is 2. The zero-order valence-corrected chi connectivity index (χ0v) is 12.8. The van der Waals surface area contributed by atoms with Gasteiger partial charge in [0, 0.05) is 25.6 Å². The van der Waals surface area contributed by atoms with Gasteiger partial charge in [0.15, 0.2) is 0 Å². The molecule has 7 heteroatoms. The van der Waals surface area contributed by atoms with Crippen LogP contribution >= 0.6 is 0 Å². The molecule has 120 valence electrons. The number of nitrogens with one attached hydrogen (secondary N) is 1. The molecular weight excluding hydrogens is 276 g/mol. The van der Waals surface area contributed by atoms with Gasteiger partial charge in [-0.3, -0.25) is 9.59 Å². The summed E-state index contributed by atoms with van der Waals surface area (Å²) in [6, 6.07) is -0.00928. The van der Waals surface area contributed by atoms with Crippen LogP contribution in [0.2, 0.25) is 0 Å². The first-order chi connectivity index (χ1) is 9.67. The fourth-order valence-electron chi connectivity index (χ4n) is 2.05. The van der Waals surface area contributed by atoms with Crippen LogP contribution in [0.3, 0.4) is 0 Å². The number of ether oxygens (including phenoxy) is 1. The van der Waals surface area contributed by atoms with Gasteiger partial charge < -0.3 is 20.1 Å². The predicted molar refractivity (Wildman–Crippen MR) is 75.8 cm³/mol. The standard InChI is InChI=1S/C14H24N2O5/c1-14(2,3)21-13(20)16-8-6-10(7-9-16)15-11(17)4-5-12(18)19/h10H,4-9H2,1-3H3,(H,15,17)(H,18,19). The van der Waals surface area contributed by atoms with Gasteiger partial charge in [-0.1, -0.05) is 0 Å². The molecular formula is C14H24N2O5. The Morgan fingerprint density at radius 3 is 2.24 bits per heavy atom. The zero-order valence-electron chi connectivity index (χ0n) is 12.8. The third-order valence-corrected chi connectivity index (χ3v) is 3.08. The van der Waals surface area contributed by atoms with E-state index in [0.717, 1.165) is 0 Å². The number of carboxylic acid groups (broad SMARTS) is 1. The summed E-state index contributed by atoms with van der Waals surface area (Å²) in [6.45, 7) is 6.51. The van der Waals surface area contributed by atoms with Crippen molar-refractivity contribution < 1.29 is 24.2 Å². The number of amides is 2. The third-order valence-electron chi connectivity index (χ3n) is 3.08. The molecule has 0 aromatic rings. The van der Waals surface area contributed by atoms with E-state index in [2.05, 4.69) is 5.32 Å². The van der Waals surface area contributed by atoms with E-state index in [0.29, 0.717) is 25.9 Å². The highest BCUT2D eigenvalue weighted by Gasteiger charge is 2.27. The first-order valence-electron chi connectivity index (χ1n) is 7.16. The number of likely N-dealkylation sites (tertiary alicyclic amines) is 1. The quantitative estimate of drug-likeness (QED) is 0.817. The number of rotatable bonds is 4. The number of carboxylic acids is 1. The summed E-state index contributed by atoms with van der Waals surface area (Å²) in [7, 11) is 0. The molecule has 0 atom stereocenters. The number of nitrogens with zero attached hydrogens (tertiary/aromatic N) is 1. The van der Waals surface area contributed by atoms with Gasteiger partial charge >= 0.3 is 12.1 Å². The molecule has 1 aliphatic rings. The largest absolute Gasteiger partial charge is 0.481 e. The lowest BCUT2D eigenvalue weighted by atomic mass is 10.1. The van der Waals surface area contributed by atoms with Crippen molar-refractivity contribution in [2.24, 2.45) is 0 Å². The van der Waals surface area contributed by atoms with E-state index in [4.69, 9.17) is 9.84 Å². The van der Waals surface area contributed by atoms with Gasteiger partial charge in [-0.25, -0.2) is 4.79 Å². The molecule has 0 radical (unpaired) electrons. The maximum absolute atomic E-state index is 11.9. The van der Waals surface area contributed by atoms with Crippen molar-refractivity contribution in [2.45, 2.75) is 58.1 Å². The molecule has 2 N–H and O–H groups in total. The van der Waals surface area contributed by atoms with E-state index in [9.17, 15) is 14.4 Å². The fourth-order valence-corrected chi connectivity index (χ4v) is 2.05. The summed E-state index contributed by atoms with van der Waals surface area (Å²) in [4.78, 5) is 35.4. The molecule has 1 fully saturated rings. The Hall–Kier alpha value is -1.79. The van der Waals surface area contributed by atoms with E-state index < -0.39 is 11.6 Å². The highest BCUT2D eigenvalue weighted by molar-refractivity contribution is 5.80. The lowest BCUT2D eigenvalue weighted by Crippen LogP contribution is -2.47. The molecule has 1 heterocycles. The summed E-state index contributed by atoms with van der Waals surface area (Å²) in [5.41, 5.74) is -0.515. The Balaban J connectivity index is 2.30. The molecule has 1 rings (SSSR count). The van der Waals surface area contributed by atoms with Crippen molar-refractivity contribution in [3.05, 3.63) is 0 Å². The van der Waals surface area contributed by atoms with E-state index in [-0.39, 0.29) is 30.9 Å². The molecule has 21 heavy (non-hydrogen) atoms. The van der Waals surface area contributed by atoms with Crippen LogP contribution in [-0.4, -0.2) is 52.7 Å². The summed E-state index contributed by atoms with van der Waals surface area (Å²) >= 11 is 0. The molecule has 0 saturated carbocycles. The highest BCUT2D eigenvalue weighted by atomic mass is 16.6. The SMILES string of the molecule is CC(C)(C)OC(=O)N1CCC(NC(=O)CCC(=O)O)CC1. The van der Waals surface area contributed by atoms with E-state index in [1.807, 2.05) is 20.8 Å². The highest BCUT2D eigenvalue weighted by Crippen LogP contribution is 2.15. The van der Waals surface area contributed by atoms with Gasteiger partial charge in [0.25, 0.3) is 0 Å². The number of hydrogen-bond acceptors (Lipinski definition) is 4. The van der Waals surface area contributed by atoms with Crippen LogP contribution in [0.4, 0.5) is 4.79 Å². The van der Waals surface area contributed by atoms with Crippen LogP contribution in [0.15, 0.2) is 0 Å². The Morgan fingerprint density at radius 2 is 1.76 bits per heavy atom. The second kappa shape index (κ2) is 7.28. The Morgan fingerprint density at radius 1 is 1.19 bits per heavy atom. The fraction of sp³-hybridized carbons (Fsp3) is 0.786. The molecule has 1 aliphatic heterocycles. The van der Waals surface area contributed by atoms with Gasteiger partial charge in [0.2, 0.25) is 5.91 Å². The van der Waals surface area contributed by atoms with Gasteiger partial charge in [0.05, 0.1) is 6.42 Å². The molecule has 0 aromatic carbocycles. The van der Waals surface area contributed by atoms with Gasteiger partial charge in [0.1, 0.15) is 5.60 Å². The minimum Gasteiger partial charge on any atom is -0.481 e. The van der Waals surface area contributed by atoms with Crippen LogP contribution in [0.5, 0.6) is 0 Å². The lowest BCUT2D eigenvalue weighted by molar-refractivity contribution is -0.139. The smallest absolute Gasteiger partial charge is 0.410 e. The number of aliphatic carboxylic acids is 1. The minimum atomic E-state index is -0.982. The second-order valence-electron chi connectivity index (χ2n) is 6.20. The normalized spacial score (nSPS) is 16.4. The van der Waals surface area contributed by atoms with Crippen molar-refractivity contribution >= 4 is 18.0 Å². The van der Waals surface area contributed by atoms with Crippen molar-refractivity contribution in [1.82, 2.24) is 10.2 Å². The molecule has 1 saturated heterocycles. The molecule has 0 aromatic heterocycles. The Kier molecular flexibility index (Phi) is 5.99. The summed E-state index contributed by atoms with van der Waals surface area (Å²) in [6.07, 6.45) is 0.790. The molecule has 2 amide bonds. The monoisotopic (exact) mass is 300 g/mol. The molecule has 0 aliphatic carbocycles. The topological polar surface area (TPSA) is 95.9 Å². The average molecular weight is 300 g/mol. The van der Waals surface area contributed by atoms with E-state index in [1.54, 1.807) is 4.90 Å². The van der Waals surface area contributed by atoms with E-state index >= 15 is 0 Å². The zero-order chi connectivity index (χ0) is 16.0. The van der Waals surface area contributed by atoms with E-state index in [1.165, 1.54) is 0 Å². The summed E-state index contributed by atoms with van der Waals surface area (Å²) in [5, 5.41) is 11.3. The molecule has 7 nitrogen and oxygen atoms in total. The van der Waals surface area contributed by atoms with Gasteiger partial charge in [-0.05, 0) is 33.6 Å². The maximum Gasteiger partial charge on any atom is 0.410 e. The molecule has 0 unspecified atom stereocenters. The van der Waals surface area contributed by atoms with Crippen LogP contribution in [-0.2, 0) is 14.3 Å². The van der Waals surface area contributed by atoms with Crippen LogP contribution < -0.4 is 5.32 Å². The van der Waals surface area contributed by atoms with Crippen molar-refractivity contribution in [3.8, 4) is 0 Å². The Labute approximate surface area is 124 Å². The minimum absolute atomic E-state index is 0.00928. The first kappa shape index (κ1) is 17.3. The van der Waals surface area contributed by atoms with Crippen LogP contribution in [0.1, 0.15) is 46.5 Å². The number of piperidine rings is 1. The third kappa shape index (κ3) is 6.97. The lowest BCUT2D eigenvalue weighted by Gasteiger charge is -2.33. The number of carbonyl (C=O) groups excluding carboxylic acids is 2. The summed E-state index contributed by atoms with van der Waals surface area (Å²) in [5.74, 6) is -1.24. The average Bonchev–Trinajstić information content (AvgIpc) is 2.35. The Bertz CT molecular complexity index is 395. The molecule has 0 spiro atoms. The van der Waals surface area contributed by atoms with Gasteiger partial charge in [-0.15, -0.1) is 0 Å². The maximum atomic E-state index is 11.9. The van der Waals surface area contributed by atoms with Crippen molar-refractivity contribution in [1.29, 1.82) is 0 Å². The van der Waals surface area contributed by atoms with Crippen LogP contribution in [0, 0.1) is 0 Å². The first-order valence-corrected chi connectivity index (χ1v) is 7.16. The second-order valence-corrected chi connectivity index (χ2v) is 6.20. The van der Waals surface area contributed by atoms with Gasteiger partial charge in [-0.2, -0.15) is 0 Å². The summed E-state index contributed by atoms with van der Waals surface area (Å²) < 4.78 is 5.29. The van der Waals surface area contributed by atoms with Crippen molar-refractivity contribution in [2.75, 3.05) is 13.1 Å².